The van der Waals surface area contributed by atoms with E-state index < -0.39 is 0 Å². The summed E-state index contributed by atoms with van der Waals surface area (Å²) < 4.78 is 0. The maximum atomic E-state index is 12.5. The van der Waals surface area contributed by atoms with Gasteiger partial charge in [0.25, 0.3) is 0 Å². The third kappa shape index (κ3) is 4.18. The number of aryl methyl sites for hydroxylation is 1. The number of hydrogen-bond acceptors (Lipinski definition) is 7. The maximum Gasteiger partial charge on any atom is 0.323 e. The predicted octanol–water partition coefficient (Wildman–Crippen LogP) is 2.99. The van der Waals surface area contributed by atoms with Crippen molar-refractivity contribution in [3.63, 3.8) is 0 Å². The third-order valence-corrected chi connectivity index (χ3v) is 5.85. The summed E-state index contributed by atoms with van der Waals surface area (Å²) in [6.07, 6.45) is 2.37. The summed E-state index contributed by atoms with van der Waals surface area (Å²) in [6.45, 7) is 9.01. The van der Waals surface area contributed by atoms with E-state index in [9.17, 15) is 4.79 Å². The highest BCUT2D eigenvalue weighted by molar-refractivity contribution is 7.15. The molecule has 0 aromatic carbocycles. The van der Waals surface area contributed by atoms with Gasteiger partial charge >= 0.3 is 6.03 Å². The van der Waals surface area contributed by atoms with Crippen molar-refractivity contribution in [3.05, 3.63) is 22.6 Å². The Morgan fingerprint density at radius 1 is 1.19 bits per heavy atom. The molecule has 2 aromatic rings. The van der Waals surface area contributed by atoms with Crippen molar-refractivity contribution >= 4 is 28.3 Å². The Morgan fingerprint density at radius 2 is 1.93 bits per heavy atom. The molecule has 2 amide bonds. The number of rotatable bonds is 4. The van der Waals surface area contributed by atoms with E-state index in [1.165, 1.54) is 24.2 Å². The first kappa shape index (κ1) is 18.1. The monoisotopic (exact) mass is 387 g/mol. The van der Waals surface area contributed by atoms with Crippen LogP contribution in [0.5, 0.6) is 0 Å². The molecule has 144 valence electrons. The summed E-state index contributed by atoms with van der Waals surface area (Å²) in [7, 11) is 0. The van der Waals surface area contributed by atoms with Gasteiger partial charge in [0.2, 0.25) is 5.13 Å². The molecular formula is C18H25N7OS. The fourth-order valence-electron chi connectivity index (χ4n) is 3.08. The second-order valence-corrected chi connectivity index (χ2v) is 8.51. The van der Waals surface area contributed by atoms with Crippen LogP contribution in [0.3, 0.4) is 0 Å². The summed E-state index contributed by atoms with van der Waals surface area (Å²) >= 11 is 1.49. The molecule has 1 aliphatic carbocycles. The highest BCUT2D eigenvalue weighted by atomic mass is 32.1. The second kappa shape index (κ2) is 7.38. The zero-order valence-corrected chi connectivity index (χ0v) is 16.8. The van der Waals surface area contributed by atoms with Crippen LogP contribution in [-0.2, 0) is 0 Å². The molecule has 27 heavy (non-hydrogen) atoms. The summed E-state index contributed by atoms with van der Waals surface area (Å²) in [5.74, 6) is 2.67. The molecule has 2 aliphatic rings. The Kier molecular flexibility index (Phi) is 4.94. The van der Waals surface area contributed by atoms with E-state index in [1.807, 2.05) is 17.9 Å². The zero-order valence-electron chi connectivity index (χ0n) is 16.0. The normalized spacial score (nSPS) is 17.5. The van der Waals surface area contributed by atoms with Gasteiger partial charge in [-0.2, -0.15) is 0 Å². The Labute approximate surface area is 163 Å². The lowest BCUT2D eigenvalue weighted by atomic mass is 10.2. The lowest BCUT2D eigenvalue weighted by Gasteiger charge is -2.35. The summed E-state index contributed by atoms with van der Waals surface area (Å²) in [4.78, 5) is 25.8. The third-order valence-electron chi connectivity index (χ3n) is 4.85. The number of piperazine rings is 1. The molecule has 1 saturated heterocycles. The fraction of sp³-hybridized carbons (Fsp3) is 0.611. The highest BCUT2D eigenvalue weighted by Crippen LogP contribution is 2.42. The SMILES string of the molecule is Cc1cc(N2CCN(C(=O)Nc3nnc(C4CC4)s3)CC2)nc(C(C)C)n1. The molecular weight excluding hydrogens is 362 g/mol. The van der Waals surface area contributed by atoms with Gasteiger partial charge in [0.05, 0.1) is 0 Å². The number of nitrogens with zero attached hydrogens (tertiary/aromatic N) is 6. The van der Waals surface area contributed by atoms with E-state index in [0.29, 0.717) is 30.1 Å². The second-order valence-electron chi connectivity index (χ2n) is 7.50. The van der Waals surface area contributed by atoms with E-state index in [1.54, 1.807) is 0 Å². The molecule has 1 N–H and O–H groups in total. The molecule has 1 saturated carbocycles. The van der Waals surface area contributed by atoms with Crippen molar-refractivity contribution in [1.82, 2.24) is 25.1 Å². The van der Waals surface area contributed by atoms with Crippen LogP contribution in [0.1, 0.15) is 55.1 Å². The van der Waals surface area contributed by atoms with Crippen LogP contribution in [0, 0.1) is 6.92 Å². The Bertz CT molecular complexity index is 825. The molecule has 9 heteroatoms. The van der Waals surface area contributed by atoms with E-state index in [0.717, 1.165) is 35.4 Å². The average Bonchev–Trinajstić information content (AvgIpc) is 3.41. The van der Waals surface area contributed by atoms with Gasteiger partial charge in [0, 0.05) is 49.8 Å². The van der Waals surface area contributed by atoms with E-state index in [4.69, 9.17) is 4.98 Å². The van der Waals surface area contributed by atoms with Gasteiger partial charge in [-0.3, -0.25) is 5.32 Å². The molecule has 2 aromatic heterocycles. The summed E-state index contributed by atoms with van der Waals surface area (Å²) in [6, 6.07) is 1.91. The number of hydrogen-bond donors (Lipinski definition) is 1. The number of urea groups is 1. The first-order valence-electron chi connectivity index (χ1n) is 9.49. The number of aromatic nitrogens is 4. The molecule has 0 atom stereocenters. The van der Waals surface area contributed by atoms with Gasteiger partial charge in [0.1, 0.15) is 16.6 Å². The lowest BCUT2D eigenvalue weighted by molar-refractivity contribution is 0.208. The first-order valence-corrected chi connectivity index (χ1v) is 10.3. The van der Waals surface area contributed by atoms with Crippen LogP contribution in [-0.4, -0.2) is 57.3 Å². The van der Waals surface area contributed by atoms with E-state index >= 15 is 0 Å². The highest BCUT2D eigenvalue weighted by Gasteiger charge is 2.28. The van der Waals surface area contributed by atoms with Crippen molar-refractivity contribution in [1.29, 1.82) is 0 Å². The topological polar surface area (TPSA) is 87.1 Å². The van der Waals surface area contributed by atoms with Crippen LogP contribution < -0.4 is 10.2 Å². The predicted molar refractivity (Wildman–Crippen MR) is 106 cm³/mol. The zero-order chi connectivity index (χ0) is 19.0. The van der Waals surface area contributed by atoms with Crippen molar-refractivity contribution in [2.75, 3.05) is 36.4 Å². The number of carbonyl (C=O) groups is 1. The first-order chi connectivity index (χ1) is 13.0. The van der Waals surface area contributed by atoms with Crippen molar-refractivity contribution in [2.45, 2.75) is 45.4 Å². The molecule has 1 aliphatic heterocycles. The van der Waals surface area contributed by atoms with Crippen LogP contribution >= 0.6 is 11.3 Å². The van der Waals surface area contributed by atoms with Gasteiger partial charge < -0.3 is 9.80 Å². The molecule has 8 nitrogen and oxygen atoms in total. The van der Waals surface area contributed by atoms with Crippen LogP contribution in [0.4, 0.5) is 15.7 Å². The van der Waals surface area contributed by atoms with E-state index in [2.05, 4.69) is 39.2 Å². The minimum Gasteiger partial charge on any atom is -0.353 e. The Balaban J connectivity index is 1.34. The van der Waals surface area contributed by atoms with Gasteiger partial charge in [-0.1, -0.05) is 25.2 Å². The minimum atomic E-state index is -0.102. The van der Waals surface area contributed by atoms with Crippen molar-refractivity contribution < 1.29 is 4.79 Å². The van der Waals surface area contributed by atoms with Crippen LogP contribution in [0.15, 0.2) is 6.07 Å². The molecule has 2 fully saturated rings. The van der Waals surface area contributed by atoms with E-state index in [-0.39, 0.29) is 6.03 Å². The van der Waals surface area contributed by atoms with Crippen LogP contribution in [0.2, 0.25) is 0 Å². The molecule has 0 radical (unpaired) electrons. The number of nitrogens with one attached hydrogen (secondary N) is 1. The molecule has 3 heterocycles. The number of amides is 2. The molecule has 0 bridgehead atoms. The standard InChI is InChI=1S/C18H25N7OS/c1-11(2)15-19-12(3)10-14(20-15)24-6-8-25(9-7-24)18(26)21-17-23-22-16(27-17)13-4-5-13/h10-11,13H,4-9H2,1-3H3,(H,21,23,26). The molecule has 4 rings (SSSR count). The number of carbonyl (C=O) groups excluding carboxylic acids is 1. The summed E-state index contributed by atoms with van der Waals surface area (Å²) in [5.41, 5.74) is 0.978. The molecule has 0 unspecified atom stereocenters. The lowest BCUT2D eigenvalue weighted by Crippen LogP contribution is -2.50. The molecule has 0 spiro atoms. The Morgan fingerprint density at radius 3 is 2.59 bits per heavy atom. The van der Waals surface area contributed by atoms with Crippen molar-refractivity contribution in [3.8, 4) is 0 Å². The average molecular weight is 388 g/mol. The maximum absolute atomic E-state index is 12.5. The minimum absolute atomic E-state index is 0.102. The van der Waals surface area contributed by atoms with Gasteiger partial charge in [0.15, 0.2) is 0 Å². The largest absolute Gasteiger partial charge is 0.353 e. The quantitative estimate of drug-likeness (QED) is 0.868. The fourth-order valence-corrected chi connectivity index (χ4v) is 3.99. The van der Waals surface area contributed by atoms with Crippen LogP contribution in [0.25, 0.3) is 0 Å². The van der Waals surface area contributed by atoms with Gasteiger partial charge in [-0.15, -0.1) is 10.2 Å². The summed E-state index contributed by atoms with van der Waals surface area (Å²) in [5, 5.41) is 12.8. The van der Waals surface area contributed by atoms with Gasteiger partial charge in [-0.25, -0.2) is 14.8 Å². The van der Waals surface area contributed by atoms with Gasteiger partial charge in [-0.05, 0) is 19.8 Å². The number of anilines is 2. The van der Waals surface area contributed by atoms with Crippen molar-refractivity contribution in [2.24, 2.45) is 0 Å². The Hall–Kier alpha value is -2.29. The smallest absolute Gasteiger partial charge is 0.323 e.